The fourth-order valence-electron chi connectivity index (χ4n) is 4.62. The van der Waals surface area contributed by atoms with Crippen LogP contribution in [0.25, 0.3) is 0 Å². The van der Waals surface area contributed by atoms with Gasteiger partial charge >= 0.3 is 0 Å². The number of carbonyl (C=O) groups excluding carboxylic acids is 3. The van der Waals surface area contributed by atoms with Crippen LogP contribution >= 0.6 is 11.5 Å². The number of hydrogen-bond donors (Lipinski definition) is 3. The second-order valence-corrected chi connectivity index (χ2v) is 10.1. The van der Waals surface area contributed by atoms with E-state index in [-0.39, 0.29) is 28.2 Å². The minimum absolute atomic E-state index is 0.0653. The van der Waals surface area contributed by atoms with E-state index in [1.54, 1.807) is 0 Å². The highest BCUT2D eigenvalue weighted by molar-refractivity contribution is 7.09. The molecule has 1 heterocycles. The number of nitrogens with one attached hydrogen (secondary N) is 1. The van der Waals surface area contributed by atoms with Crippen molar-refractivity contribution in [2.75, 3.05) is 10.6 Å². The minimum Gasteiger partial charge on any atom is -0.395 e. The summed E-state index contributed by atoms with van der Waals surface area (Å²) in [5, 5.41) is 3.17. The van der Waals surface area contributed by atoms with Gasteiger partial charge in [0, 0.05) is 11.7 Å². The largest absolute Gasteiger partial charge is 0.395 e. The minimum atomic E-state index is -0.960. The number of aryl methyl sites for hydroxylation is 2. The van der Waals surface area contributed by atoms with Crippen molar-refractivity contribution in [3.05, 3.63) is 75.3 Å². The zero-order valence-corrected chi connectivity index (χ0v) is 21.5. The third-order valence-electron chi connectivity index (χ3n) is 6.81. The maximum atomic E-state index is 14.2. The van der Waals surface area contributed by atoms with Crippen molar-refractivity contribution in [2.24, 2.45) is 5.73 Å². The van der Waals surface area contributed by atoms with Gasteiger partial charge < -0.3 is 16.8 Å². The average Bonchev–Trinajstić information content (AvgIpc) is 3.49. The quantitative estimate of drug-likeness (QED) is 0.443. The molecule has 1 fully saturated rings. The number of primary amides is 1. The summed E-state index contributed by atoms with van der Waals surface area (Å²) in [4.78, 5) is 41.4. The highest BCUT2D eigenvalue weighted by Gasteiger charge is 2.37. The first-order chi connectivity index (χ1) is 17.2. The maximum absolute atomic E-state index is 14.2. The van der Waals surface area contributed by atoms with E-state index in [4.69, 9.17) is 11.5 Å². The number of nitrogen functional groups attached to an aromatic ring is 1. The molecule has 0 aliphatic heterocycles. The molecule has 1 aromatic heterocycles. The smallest absolute Gasteiger partial charge is 0.273 e. The van der Waals surface area contributed by atoms with Crippen LogP contribution in [-0.4, -0.2) is 28.1 Å². The average molecular weight is 506 g/mol. The predicted molar refractivity (Wildman–Crippen MR) is 142 cm³/mol. The van der Waals surface area contributed by atoms with Crippen molar-refractivity contribution in [3.8, 4) is 0 Å². The third kappa shape index (κ3) is 4.97. The van der Waals surface area contributed by atoms with Crippen LogP contribution in [0.15, 0.2) is 42.5 Å². The Morgan fingerprint density at radius 2 is 1.72 bits per heavy atom. The Labute approximate surface area is 214 Å². The van der Waals surface area contributed by atoms with E-state index in [1.165, 1.54) is 4.90 Å². The van der Waals surface area contributed by atoms with E-state index in [1.807, 2.05) is 63.2 Å². The Balaban J connectivity index is 1.89. The van der Waals surface area contributed by atoms with Gasteiger partial charge in [-0.25, -0.2) is 0 Å². The van der Waals surface area contributed by atoms with Crippen molar-refractivity contribution in [2.45, 2.75) is 58.5 Å². The maximum Gasteiger partial charge on any atom is 0.273 e. The number of anilines is 2. The van der Waals surface area contributed by atoms with Gasteiger partial charge in [-0.15, -0.1) is 0 Å². The van der Waals surface area contributed by atoms with E-state index in [2.05, 4.69) is 9.69 Å². The number of rotatable bonds is 7. The van der Waals surface area contributed by atoms with Crippen LogP contribution in [-0.2, 0) is 4.79 Å². The molecule has 1 saturated carbocycles. The van der Waals surface area contributed by atoms with Crippen molar-refractivity contribution in [1.29, 1.82) is 0 Å². The molecule has 36 heavy (non-hydrogen) atoms. The first kappa shape index (κ1) is 25.4. The van der Waals surface area contributed by atoms with E-state index < -0.39 is 17.9 Å². The molecular formula is C27H31N5O3S. The van der Waals surface area contributed by atoms with Crippen LogP contribution < -0.4 is 21.7 Å². The topological polar surface area (TPSA) is 131 Å². The highest BCUT2D eigenvalue weighted by Crippen LogP contribution is 2.36. The van der Waals surface area contributed by atoms with Crippen LogP contribution in [0.3, 0.4) is 0 Å². The molecule has 0 spiro atoms. The molecule has 1 aliphatic carbocycles. The second kappa shape index (κ2) is 10.5. The SMILES string of the molecule is Cc1ccc([C@H](C(=O)NC2CCCC2)N(C(=O)c2snc(C(N)=O)c2N)c2cccc(C)c2C)cc1. The summed E-state index contributed by atoms with van der Waals surface area (Å²) in [6.45, 7) is 5.83. The molecule has 9 heteroatoms. The summed E-state index contributed by atoms with van der Waals surface area (Å²) in [6, 6.07) is 12.3. The van der Waals surface area contributed by atoms with Crippen LogP contribution in [0, 0.1) is 20.8 Å². The Bertz CT molecular complexity index is 1300. The van der Waals surface area contributed by atoms with Gasteiger partial charge in [-0.3, -0.25) is 19.3 Å². The molecule has 4 rings (SSSR count). The molecule has 2 aromatic carbocycles. The Hall–Kier alpha value is -3.72. The summed E-state index contributed by atoms with van der Waals surface area (Å²) in [5.74, 6) is -1.59. The lowest BCUT2D eigenvalue weighted by Crippen LogP contribution is -2.46. The monoisotopic (exact) mass is 505 g/mol. The number of benzene rings is 2. The third-order valence-corrected chi connectivity index (χ3v) is 7.66. The van der Waals surface area contributed by atoms with Crippen molar-refractivity contribution >= 4 is 40.6 Å². The highest BCUT2D eigenvalue weighted by atomic mass is 32.1. The number of amides is 3. The normalized spacial score (nSPS) is 14.4. The van der Waals surface area contributed by atoms with Gasteiger partial charge in [0.15, 0.2) is 5.69 Å². The summed E-state index contributed by atoms with van der Waals surface area (Å²) in [7, 11) is 0. The molecule has 3 amide bonds. The van der Waals surface area contributed by atoms with Gasteiger partial charge in [0.05, 0.1) is 5.69 Å². The molecule has 0 unspecified atom stereocenters. The van der Waals surface area contributed by atoms with Gasteiger partial charge in [0.25, 0.3) is 11.8 Å². The number of carbonyl (C=O) groups is 3. The van der Waals surface area contributed by atoms with Crippen molar-refractivity contribution < 1.29 is 14.4 Å². The van der Waals surface area contributed by atoms with Crippen LogP contribution in [0.1, 0.15) is 74.1 Å². The zero-order chi connectivity index (χ0) is 26.0. The predicted octanol–water partition coefficient (Wildman–Crippen LogP) is 4.20. The molecule has 188 valence electrons. The van der Waals surface area contributed by atoms with E-state index in [9.17, 15) is 14.4 Å². The molecule has 0 saturated heterocycles. The first-order valence-electron chi connectivity index (χ1n) is 12.0. The summed E-state index contributed by atoms with van der Waals surface area (Å²) >= 11 is 0.807. The van der Waals surface area contributed by atoms with Crippen molar-refractivity contribution in [3.63, 3.8) is 0 Å². The number of nitrogens with two attached hydrogens (primary N) is 2. The lowest BCUT2D eigenvalue weighted by Gasteiger charge is -2.33. The molecule has 1 atom stereocenters. The van der Waals surface area contributed by atoms with Gasteiger partial charge in [0.1, 0.15) is 10.9 Å². The number of hydrogen-bond acceptors (Lipinski definition) is 6. The van der Waals surface area contributed by atoms with Gasteiger partial charge in [-0.05, 0) is 67.9 Å². The van der Waals surface area contributed by atoms with E-state index in [0.717, 1.165) is 53.9 Å². The standard InChI is InChI=1S/C27H31N5O3S/c1-15-11-13-18(14-12-15)23(26(34)30-19-8-4-5-9-19)32(20-10-6-7-16(2)17(20)3)27(35)24-21(28)22(25(29)33)31-36-24/h6-7,10-14,19,23H,4-5,8-9,28H2,1-3H3,(H2,29,33)(H,30,34)/t23-/m1/s1. The molecule has 3 aromatic rings. The Morgan fingerprint density at radius 3 is 2.33 bits per heavy atom. The second-order valence-electron chi connectivity index (χ2n) is 9.34. The van der Waals surface area contributed by atoms with Crippen molar-refractivity contribution in [1.82, 2.24) is 9.69 Å². The summed E-state index contributed by atoms with van der Waals surface area (Å²) < 4.78 is 4.02. The number of nitrogens with zero attached hydrogens (tertiary/aromatic N) is 2. The lowest BCUT2D eigenvalue weighted by molar-refractivity contribution is -0.123. The summed E-state index contributed by atoms with van der Waals surface area (Å²) in [5.41, 5.74) is 15.5. The Morgan fingerprint density at radius 1 is 1.06 bits per heavy atom. The molecule has 0 bridgehead atoms. The molecule has 1 aliphatic rings. The van der Waals surface area contributed by atoms with Crippen LogP contribution in [0.2, 0.25) is 0 Å². The van der Waals surface area contributed by atoms with E-state index >= 15 is 0 Å². The fourth-order valence-corrected chi connectivity index (χ4v) is 5.36. The zero-order valence-electron chi connectivity index (χ0n) is 20.7. The van der Waals surface area contributed by atoms with Gasteiger partial charge in [-0.2, -0.15) is 4.37 Å². The molecule has 8 nitrogen and oxygen atoms in total. The number of aromatic nitrogens is 1. The van der Waals surface area contributed by atoms with Gasteiger partial charge in [0.2, 0.25) is 5.91 Å². The van der Waals surface area contributed by atoms with Crippen LogP contribution in [0.4, 0.5) is 11.4 Å². The first-order valence-corrected chi connectivity index (χ1v) is 12.8. The molecular weight excluding hydrogens is 474 g/mol. The Kier molecular flexibility index (Phi) is 7.40. The fraction of sp³-hybridized carbons (Fsp3) is 0.333. The molecule has 5 N–H and O–H groups in total. The van der Waals surface area contributed by atoms with Crippen LogP contribution in [0.5, 0.6) is 0 Å². The summed E-state index contributed by atoms with van der Waals surface area (Å²) in [6.07, 6.45) is 3.95. The van der Waals surface area contributed by atoms with Gasteiger partial charge in [-0.1, -0.05) is 54.8 Å². The molecule has 0 radical (unpaired) electrons. The van der Waals surface area contributed by atoms with E-state index in [0.29, 0.717) is 11.3 Å². The lowest BCUT2D eigenvalue weighted by atomic mass is 9.98.